The van der Waals surface area contributed by atoms with Crippen molar-refractivity contribution in [1.29, 1.82) is 0 Å². The van der Waals surface area contributed by atoms with E-state index >= 15 is 0 Å². The Labute approximate surface area is 133 Å². The van der Waals surface area contributed by atoms with Crippen LogP contribution >= 0.6 is 0 Å². The van der Waals surface area contributed by atoms with Crippen molar-refractivity contribution in [3.05, 3.63) is 60.2 Å². The zero-order valence-electron chi connectivity index (χ0n) is 13.6. The smallest absolute Gasteiger partial charge is 0.119 e. The van der Waals surface area contributed by atoms with Crippen molar-refractivity contribution in [3.8, 4) is 5.75 Å². The summed E-state index contributed by atoms with van der Waals surface area (Å²) in [6.45, 7) is 4.51. The molecule has 0 radical (unpaired) electrons. The lowest BCUT2D eigenvalue weighted by atomic mass is 9.76. The van der Waals surface area contributed by atoms with Gasteiger partial charge in [0.2, 0.25) is 0 Å². The van der Waals surface area contributed by atoms with Crippen LogP contribution in [0.25, 0.3) is 0 Å². The van der Waals surface area contributed by atoms with Crippen LogP contribution in [0.15, 0.2) is 54.6 Å². The lowest BCUT2D eigenvalue weighted by Crippen LogP contribution is -2.31. The van der Waals surface area contributed by atoms with Crippen molar-refractivity contribution in [1.82, 2.24) is 0 Å². The molecule has 0 saturated carbocycles. The molecule has 1 atom stereocenters. The van der Waals surface area contributed by atoms with E-state index in [1.807, 2.05) is 6.07 Å². The first-order valence-electron chi connectivity index (χ1n) is 8.22. The molecule has 2 heteroatoms. The Balaban J connectivity index is 1.90. The van der Waals surface area contributed by atoms with Crippen molar-refractivity contribution in [2.24, 2.45) is 0 Å². The van der Waals surface area contributed by atoms with E-state index in [1.54, 1.807) is 7.11 Å². The third-order valence-electron chi connectivity index (χ3n) is 4.89. The molecule has 1 aliphatic rings. The molecule has 2 aromatic carbocycles. The third-order valence-corrected chi connectivity index (χ3v) is 4.89. The first-order chi connectivity index (χ1) is 10.8. The highest BCUT2D eigenvalue weighted by molar-refractivity contribution is 5.50. The Bertz CT molecular complexity index is 610. The molecule has 0 aliphatic carbocycles. The summed E-state index contributed by atoms with van der Waals surface area (Å²) in [5.74, 6) is 0.964. The maximum Gasteiger partial charge on any atom is 0.119 e. The molecule has 3 rings (SSSR count). The van der Waals surface area contributed by atoms with Gasteiger partial charge in [-0.15, -0.1) is 0 Å². The fourth-order valence-corrected chi connectivity index (χ4v) is 3.75. The van der Waals surface area contributed by atoms with Gasteiger partial charge in [0.25, 0.3) is 0 Å². The SMILES string of the molecule is CCC[C@@]1(c2cccc(OC)c2)CCN(c2ccccc2)C1. The highest BCUT2D eigenvalue weighted by Crippen LogP contribution is 2.41. The van der Waals surface area contributed by atoms with Gasteiger partial charge < -0.3 is 9.64 Å². The quantitative estimate of drug-likeness (QED) is 0.796. The normalized spacial score (nSPS) is 21.1. The number of anilines is 1. The topological polar surface area (TPSA) is 12.5 Å². The van der Waals surface area contributed by atoms with Gasteiger partial charge in [0.05, 0.1) is 7.11 Å². The van der Waals surface area contributed by atoms with Gasteiger partial charge in [0.1, 0.15) is 5.75 Å². The molecule has 0 unspecified atom stereocenters. The van der Waals surface area contributed by atoms with E-state index < -0.39 is 0 Å². The van der Waals surface area contributed by atoms with Crippen molar-refractivity contribution < 1.29 is 4.74 Å². The number of nitrogens with zero attached hydrogens (tertiary/aromatic N) is 1. The second-order valence-corrected chi connectivity index (χ2v) is 6.27. The lowest BCUT2D eigenvalue weighted by Gasteiger charge is -2.30. The summed E-state index contributed by atoms with van der Waals surface area (Å²) in [6, 6.07) is 19.4. The summed E-state index contributed by atoms with van der Waals surface area (Å²) in [6.07, 6.45) is 3.65. The lowest BCUT2D eigenvalue weighted by molar-refractivity contribution is 0.404. The van der Waals surface area contributed by atoms with Crippen molar-refractivity contribution in [2.45, 2.75) is 31.6 Å². The molecular formula is C20H25NO. The van der Waals surface area contributed by atoms with Gasteiger partial charge in [-0.1, -0.05) is 43.7 Å². The zero-order valence-corrected chi connectivity index (χ0v) is 13.6. The van der Waals surface area contributed by atoms with Crippen molar-refractivity contribution in [2.75, 3.05) is 25.1 Å². The average Bonchev–Trinajstić information content (AvgIpc) is 3.02. The Hall–Kier alpha value is -1.96. The molecule has 2 nitrogen and oxygen atoms in total. The molecule has 22 heavy (non-hydrogen) atoms. The van der Waals surface area contributed by atoms with E-state index in [4.69, 9.17) is 4.74 Å². The fraction of sp³-hybridized carbons (Fsp3) is 0.400. The minimum absolute atomic E-state index is 0.249. The second kappa shape index (κ2) is 6.43. The standard InChI is InChI=1S/C20H25NO/c1-3-12-20(17-8-7-11-19(15-17)22-2)13-14-21(16-20)18-9-5-4-6-10-18/h4-11,15H,3,12-14,16H2,1-2H3/t20-/m1/s1. The van der Waals surface area contributed by atoms with Crippen molar-refractivity contribution >= 4 is 5.69 Å². The van der Waals surface area contributed by atoms with Gasteiger partial charge in [0, 0.05) is 24.2 Å². The molecule has 0 aromatic heterocycles. The predicted octanol–water partition coefficient (Wildman–Crippen LogP) is 4.64. The Morgan fingerprint density at radius 3 is 2.64 bits per heavy atom. The summed E-state index contributed by atoms with van der Waals surface area (Å²) in [5.41, 5.74) is 3.01. The van der Waals surface area contributed by atoms with E-state index in [0.717, 1.165) is 18.8 Å². The minimum atomic E-state index is 0.249. The minimum Gasteiger partial charge on any atom is -0.497 e. The summed E-state index contributed by atoms with van der Waals surface area (Å²) >= 11 is 0. The zero-order chi connectivity index (χ0) is 15.4. The summed E-state index contributed by atoms with van der Waals surface area (Å²) in [4.78, 5) is 2.52. The summed E-state index contributed by atoms with van der Waals surface area (Å²) in [5, 5.41) is 0. The van der Waals surface area contributed by atoms with Crippen LogP contribution in [0.4, 0.5) is 5.69 Å². The van der Waals surface area contributed by atoms with E-state index in [-0.39, 0.29) is 5.41 Å². The van der Waals surface area contributed by atoms with Crippen LogP contribution in [0.2, 0.25) is 0 Å². The first-order valence-corrected chi connectivity index (χ1v) is 8.22. The van der Waals surface area contributed by atoms with E-state index in [9.17, 15) is 0 Å². The van der Waals surface area contributed by atoms with Gasteiger partial charge in [-0.2, -0.15) is 0 Å². The van der Waals surface area contributed by atoms with Crippen LogP contribution in [0.3, 0.4) is 0 Å². The van der Waals surface area contributed by atoms with E-state index in [0.29, 0.717) is 0 Å². The molecule has 0 N–H and O–H groups in total. The number of para-hydroxylation sites is 1. The molecule has 1 saturated heterocycles. The van der Waals surface area contributed by atoms with Crippen LogP contribution in [0, 0.1) is 0 Å². The summed E-state index contributed by atoms with van der Waals surface area (Å²) in [7, 11) is 1.75. The van der Waals surface area contributed by atoms with Crippen molar-refractivity contribution in [3.63, 3.8) is 0 Å². The summed E-state index contributed by atoms with van der Waals surface area (Å²) < 4.78 is 5.44. The number of hydrogen-bond donors (Lipinski definition) is 0. The largest absolute Gasteiger partial charge is 0.497 e. The van der Waals surface area contributed by atoms with E-state index in [1.165, 1.54) is 30.5 Å². The average molecular weight is 295 g/mol. The van der Waals surface area contributed by atoms with E-state index in [2.05, 4.69) is 60.4 Å². The number of benzene rings is 2. The number of methoxy groups -OCH3 is 1. The molecule has 116 valence electrons. The van der Waals surface area contributed by atoms with Crippen LogP contribution in [0.1, 0.15) is 31.7 Å². The Morgan fingerprint density at radius 1 is 1.09 bits per heavy atom. The molecule has 1 fully saturated rings. The molecule has 0 bridgehead atoms. The number of ether oxygens (including phenoxy) is 1. The highest BCUT2D eigenvalue weighted by atomic mass is 16.5. The fourth-order valence-electron chi connectivity index (χ4n) is 3.75. The van der Waals surface area contributed by atoms with Gasteiger partial charge in [0.15, 0.2) is 0 Å². The second-order valence-electron chi connectivity index (χ2n) is 6.27. The maximum absolute atomic E-state index is 5.44. The number of rotatable bonds is 5. The monoisotopic (exact) mass is 295 g/mol. The molecule has 1 aliphatic heterocycles. The molecule has 2 aromatic rings. The van der Waals surface area contributed by atoms with Crippen LogP contribution in [0.5, 0.6) is 5.75 Å². The Morgan fingerprint density at radius 2 is 1.91 bits per heavy atom. The van der Waals surface area contributed by atoms with Gasteiger partial charge in [-0.25, -0.2) is 0 Å². The Kier molecular flexibility index (Phi) is 4.37. The maximum atomic E-state index is 5.44. The van der Waals surface area contributed by atoms with Crippen LogP contribution < -0.4 is 9.64 Å². The molecular weight excluding hydrogens is 270 g/mol. The van der Waals surface area contributed by atoms with Gasteiger partial charge in [-0.05, 0) is 42.7 Å². The first kappa shape index (κ1) is 15.0. The van der Waals surface area contributed by atoms with Crippen LogP contribution in [-0.2, 0) is 5.41 Å². The van der Waals surface area contributed by atoms with Crippen LogP contribution in [-0.4, -0.2) is 20.2 Å². The third kappa shape index (κ3) is 2.83. The number of hydrogen-bond acceptors (Lipinski definition) is 2. The molecule has 1 heterocycles. The molecule has 0 spiro atoms. The predicted molar refractivity (Wildman–Crippen MR) is 92.9 cm³/mol. The van der Waals surface area contributed by atoms with Gasteiger partial charge >= 0.3 is 0 Å². The van der Waals surface area contributed by atoms with Gasteiger partial charge in [-0.3, -0.25) is 0 Å². The highest BCUT2D eigenvalue weighted by Gasteiger charge is 2.39. The molecule has 0 amide bonds.